The summed E-state index contributed by atoms with van der Waals surface area (Å²) in [4.78, 5) is 4.08. The first-order valence-electron chi connectivity index (χ1n) is 5.47. The van der Waals surface area contributed by atoms with Gasteiger partial charge in [0.1, 0.15) is 0 Å². The zero-order valence-electron chi connectivity index (χ0n) is 9.99. The lowest BCUT2D eigenvalue weighted by molar-refractivity contribution is -0.137. The van der Waals surface area contributed by atoms with Gasteiger partial charge in [0.05, 0.1) is 17.2 Å². The average Bonchev–Trinajstić information content (AvgIpc) is 2.37. The Morgan fingerprint density at radius 3 is 2.53 bits per heavy atom. The summed E-state index contributed by atoms with van der Waals surface area (Å²) in [6.07, 6.45) is -2.91. The van der Waals surface area contributed by atoms with E-state index in [1.165, 1.54) is 12.1 Å². The molecule has 0 fully saturated rings. The lowest BCUT2D eigenvalue weighted by Gasteiger charge is -2.11. The van der Waals surface area contributed by atoms with Crippen LogP contribution in [0, 0.1) is 18.3 Å². The van der Waals surface area contributed by atoms with E-state index in [1.807, 2.05) is 0 Å². The zero-order valence-corrected chi connectivity index (χ0v) is 9.99. The van der Waals surface area contributed by atoms with E-state index in [2.05, 4.69) is 4.98 Å². The number of aryl methyl sites for hydroxylation is 1. The Hall–Kier alpha value is -2.35. The van der Waals surface area contributed by atoms with Crippen molar-refractivity contribution >= 4 is 0 Å². The minimum atomic E-state index is -4.52. The highest BCUT2D eigenvalue weighted by atomic mass is 19.4. The fraction of sp³-hybridized carbons (Fsp3) is 0.143. The maximum atomic E-state index is 12.7. The average molecular weight is 262 g/mol. The van der Waals surface area contributed by atoms with Crippen LogP contribution in [0.1, 0.15) is 16.8 Å². The summed E-state index contributed by atoms with van der Waals surface area (Å²) in [5.41, 5.74) is 0.669. The summed E-state index contributed by atoms with van der Waals surface area (Å²) in [5.74, 6) is 0. The zero-order chi connectivity index (χ0) is 14.0. The Balaban J connectivity index is 2.59. The highest BCUT2D eigenvalue weighted by Gasteiger charge is 2.33. The van der Waals surface area contributed by atoms with Gasteiger partial charge in [0, 0.05) is 17.5 Å². The second-order valence-electron chi connectivity index (χ2n) is 4.01. The summed E-state index contributed by atoms with van der Waals surface area (Å²) in [5, 5.41) is 8.86. The Morgan fingerprint density at radius 2 is 1.95 bits per heavy atom. The summed E-state index contributed by atoms with van der Waals surface area (Å²) < 4.78 is 38.1. The SMILES string of the molecule is Cc1ncccc1-c1ccc(C(F)(F)F)c(C#N)c1. The van der Waals surface area contributed by atoms with Crippen molar-refractivity contribution in [3.8, 4) is 17.2 Å². The first-order chi connectivity index (χ1) is 8.93. The molecule has 1 heterocycles. The molecule has 0 aliphatic heterocycles. The Kier molecular flexibility index (Phi) is 3.26. The molecule has 2 nitrogen and oxygen atoms in total. The molecule has 0 aliphatic carbocycles. The van der Waals surface area contributed by atoms with Crippen LogP contribution in [0.3, 0.4) is 0 Å². The van der Waals surface area contributed by atoms with Crippen LogP contribution in [0.5, 0.6) is 0 Å². The molecule has 2 rings (SSSR count). The van der Waals surface area contributed by atoms with Crippen LogP contribution in [0.15, 0.2) is 36.5 Å². The monoisotopic (exact) mass is 262 g/mol. The number of hydrogen-bond donors (Lipinski definition) is 0. The van der Waals surface area contributed by atoms with Crippen LogP contribution in [0.4, 0.5) is 13.2 Å². The Labute approximate surface area is 108 Å². The fourth-order valence-corrected chi connectivity index (χ4v) is 1.84. The number of halogens is 3. The van der Waals surface area contributed by atoms with Gasteiger partial charge in [-0.1, -0.05) is 12.1 Å². The summed E-state index contributed by atoms with van der Waals surface area (Å²) >= 11 is 0. The summed E-state index contributed by atoms with van der Waals surface area (Å²) in [6.45, 7) is 1.76. The van der Waals surface area contributed by atoms with Crippen molar-refractivity contribution in [3.05, 3.63) is 53.3 Å². The van der Waals surface area contributed by atoms with Gasteiger partial charge in [-0.15, -0.1) is 0 Å². The van der Waals surface area contributed by atoms with E-state index >= 15 is 0 Å². The minimum absolute atomic E-state index is 0.381. The predicted octanol–water partition coefficient (Wildman–Crippen LogP) is 3.95. The molecule has 2 aromatic rings. The van der Waals surface area contributed by atoms with Crippen molar-refractivity contribution in [3.63, 3.8) is 0 Å². The number of nitrogens with zero attached hydrogens (tertiary/aromatic N) is 2. The van der Waals surface area contributed by atoms with E-state index in [4.69, 9.17) is 5.26 Å². The number of rotatable bonds is 1. The number of pyridine rings is 1. The molecule has 0 aliphatic rings. The van der Waals surface area contributed by atoms with E-state index in [-0.39, 0.29) is 5.56 Å². The van der Waals surface area contributed by atoms with Gasteiger partial charge >= 0.3 is 6.18 Å². The van der Waals surface area contributed by atoms with Crippen LogP contribution in [0.25, 0.3) is 11.1 Å². The second-order valence-corrected chi connectivity index (χ2v) is 4.01. The van der Waals surface area contributed by atoms with Gasteiger partial charge in [-0.05, 0) is 30.7 Å². The molecule has 96 valence electrons. The molecule has 0 radical (unpaired) electrons. The molecular weight excluding hydrogens is 253 g/mol. The molecule has 0 bridgehead atoms. The normalized spacial score (nSPS) is 11.1. The third kappa shape index (κ3) is 2.58. The molecular formula is C14H9F3N2. The molecule has 19 heavy (non-hydrogen) atoms. The predicted molar refractivity (Wildman–Crippen MR) is 64.1 cm³/mol. The molecule has 0 spiro atoms. The largest absolute Gasteiger partial charge is 0.417 e. The molecule has 0 saturated carbocycles. The summed E-state index contributed by atoms with van der Waals surface area (Å²) in [6, 6.07) is 8.58. The van der Waals surface area contributed by atoms with Crippen LogP contribution < -0.4 is 0 Å². The first kappa shape index (κ1) is 13.1. The van der Waals surface area contributed by atoms with Gasteiger partial charge in [0.2, 0.25) is 0 Å². The number of aromatic nitrogens is 1. The standard InChI is InChI=1S/C14H9F3N2/c1-9-12(3-2-6-19-9)10-4-5-13(14(15,16)17)11(7-10)8-18/h2-7H,1H3. The quantitative estimate of drug-likeness (QED) is 0.780. The molecule has 5 heteroatoms. The maximum Gasteiger partial charge on any atom is 0.417 e. The van der Waals surface area contributed by atoms with Crippen molar-refractivity contribution < 1.29 is 13.2 Å². The Bertz CT molecular complexity index is 654. The third-order valence-electron chi connectivity index (χ3n) is 2.76. The van der Waals surface area contributed by atoms with Gasteiger partial charge in [-0.3, -0.25) is 4.98 Å². The van der Waals surface area contributed by atoms with Gasteiger partial charge < -0.3 is 0 Å². The number of nitriles is 1. The topological polar surface area (TPSA) is 36.7 Å². The number of hydrogen-bond acceptors (Lipinski definition) is 2. The lowest BCUT2D eigenvalue weighted by atomic mass is 9.99. The maximum absolute atomic E-state index is 12.7. The number of alkyl halides is 3. The smallest absolute Gasteiger partial charge is 0.261 e. The van der Waals surface area contributed by atoms with E-state index in [0.717, 1.165) is 6.07 Å². The molecule has 1 aromatic heterocycles. The van der Waals surface area contributed by atoms with Crippen molar-refractivity contribution in [2.75, 3.05) is 0 Å². The van der Waals surface area contributed by atoms with Gasteiger partial charge in [-0.25, -0.2) is 0 Å². The van der Waals surface area contributed by atoms with Gasteiger partial charge in [0.25, 0.3) is 0 Å². The van der Waals surface area contributed by atoms with E-state index in [0.29, 0.717) is 16.8 Å². The lowest BCUT2D eigenvalue weighted by Crippen LogP contribution is -2.07. The first-order valence-corrected chi connectivity index (χ1v) is 5.47. The van der Waals surface area contributed by atoms with Crippen molar-refractivity contribution in [2.24, 2.45) is 0 Å². The van der Waals surface area contributed by atoms with Gasteiger partial charge in [-0.2, -0.15) is 18.4 Å². The second kappa shape index (κ2) is 4.73. The van der Waals surface area contributed by atoms with Crippen molar-refractivity contribution in [1.29, 1.82) is 5.26 Å². The van der Waals surface area contributed by atoms with Crippen molar-refractivity contribution in [1.82, 2.24) is 4.98 Å². The fourth-order valence-electron chi connectivity index (χ4n) is 1.84. The molecule has 0 amide bonds. The van der Waals surface area contributed by atoms with Crippen LogP contribution in [-0.4, -0.2) is 4.98 Å². The van der Waals surface area contributed by atoms with E-state index in [1.54, 1.807) is 31.3 Å². The van der Waals surface area contributed by atoms with Crippen molar-refractivity contribution in [2.45, 2.75) is 13.1 Å². The third-order valence-corrected chi connectivity index (χ3v) is 2.76. The van der Waals surface area contributed by atoms with E-state index < -0.39 is 11.7 Å². The minimum Gasteiger partial charge on any atom is -0.261 e. The number of benzene rings is 1. The molecule has 1 aromatic carbocycles. The summed E-state index contributed by atoms with van der Waals surface area (Å²) in [7, 11) is 0. The van der Waals surface area contributed by atoms with Crippen LogP contribution in [0.2, 0.25) is 0 Å². The Morgan fingerprint density at radius 1 is 1.21 bits per heavy atom. The van der Waals surface area contributed by atoms with Crippen LogP contribution >= 0.6 is 0 Å². The van der Waals surface area contributed by atoms with Crippen LogP contribution in [-0.2, 0) is 6.18 Å². The van der Waals surface area contributed by atoms with Gasteiger partial charge in [0.15, 0.2) is 0 Å². The highest BCUT2D eigenvalue weighted by Crippen LogP contribution is 2.34. The highest BCUT2D eigenvalue weighted by molar-refractivity contribution is 5.68. The molecule has 0 atom stereocenters. The van der Waals surface area contributed by atoms with E-state index in [9.17, 15) is 13.2 Å². The molecule has 0 unspecified atom stereocenters. The molecule has 0 saturated heterocycles. The molecule has 0 N–H and O–H groups in total.